The van der Waals surface area contributed by atoms with Crippen molar-refractivity contribution in [2.45, 2.75) is 19.9 Å². The molecule has 1 aromatic heterocycles. The van der Waals surface area contributed by atoms with E-state index < -0.39 is 16.2 Å². The van der Waals surface area contributed by atoms with Crippen LogP contribution in [0.5, 0.6) is 0 Å². The Morgan fingerprint density at radius 3 is 2.57 bits per heavy atom. The van der Waals surface area contributed by atoms with Gasteiger partial charge in [-0.05, 0) is 28.1 Å². The van der Waals surface area contributed by atoms with Crippen molar-refractivity contribution in [3.05, 3.63) is 20.8 Å². The van der Waals surface area contributed by atoms with Crippen molar-refractivity contribution >= 4 is 43.4 Å². The molecule has 0 spiro atoms. The highest BCUT2D eigenvalue weighted by atomic mass is 79.9. The Balaban J connectivity index is 2.74. The molecule has 0 aliphatic carbocycles. The summed E-state index contributed by atoms with van der Waals surface area (Å²) in [5.41, 5.74) is 0. The molecule has 0 aliphatic rings. The van der Waals surface area contributed by atoms with Gasteiger partial charge in [0, 0.05) is 31.6 Å². The summed E-state index contributed by atoms with van der Waals surface area (Å²) < 4.78 is 33.0. The third-order valence-electron chi connectivity index (χ3n) is 2.89. The lowest BCUT2D eigenvalue weighted by atomic mass is 10.4. The number of halogens is 1. The molecule has 0 bridgehead atoms. The second-order valence-electron chi connectivity index (χ2n) is 4.29. The van der Waals surface area contributed by atoms with Crippen molar-refractivity contribution in [2.75, 3.05) is 27.2 Å². The number of methoxy groups -OCH3 is 1. The number of hydrogen-bond donors (Lipinski definition) is 0. The fraction of sp³-hybridized carbons (Fsp3) is 0.583. The van der Waals surface area contributed by atoms with Crippen LogP contribution in [0.1, 0.15) is 18.2 Å². The number of carbonyl (C=O) groups excluding carboxylic acids is 1. The predicted octanol–water partition coefficient (Wildman–Crippen LogP) is 2.07. The molecular weight excluding hydrogens is 380 g/mol. The number of rotatable bonds is 8. The molecule has 21 heavy (non-hydrogen) atoms. The summed E-state index contributed by atoms with van der Waals surface area (Å²) in [4.78, 5) is 12.1. The molecule has 0 saturated carbocycles. The third kappa shape index (κ3) is 5.33. The maximum Gasteiger partial charge on any atom is 0.306 e. The molecule has 0 amide bonds. The molecule has 0 fully saturated rings. The van der Waals surface area contributed by atoms with Crippen LogP contribution in [0, 0.1) is 0 Å². The molecule has 1 aromatic rings. The number of hydrogen-bond acceptors (Lipinski definition) is 5. The average Bonchev–Trinajstić information content (AvgIpc) is 2.86. The monoisotopic (exact) mass is 398 g/mol. The van der Waals surface area contributed by atoms with Gasteiger partial charge >= 0.3 is 5.97 Å². The first-order valence-corrected chi connectivity index (χ1v) is 9.34. The van der Waals surface area contributed by atoms with Gasteiger partial charge in [0.1, 0.15) is 0 Å². The van der Waals surface area contributed by atoms with Crippen LogP contribution in [0.25, 0.3) is 0 Å². The molecule has 0 saturated heterocycles. The summed E-state index contributed by atoms with van der Waals surface area (Å²) in [6.07, 6.45) is 0.0360. The molecule has 1 heterocycles. The van der Waals surface area contributed by atoms with Crippen LogP contribution in [0.2, 0.25) is 0 Å². The van der Waals surface area contributed by atoms with Gasteiger partial charge in [-0.3, -0.25) is 4.79 Å². The maximum absolute atomic E-state index is 12.5. The minimum atomic E-state index is -3.59. The molecule has 0 aromatic carbocycles. The molecule has 1 rings (SSSR count). The van der Waals surface area contributed by atoms with E-state index in [1.165, 1.54) is 34.1 Å². The minimum Gasteiger partial charge on any atom is -0.469 e. The summed E-state index contributed by atoms with van der Waals surface area (Å²) in [5, 5.41) is 0. The first-order valence-electron chi connectivity index (χ1n) is 6.33. The van der Waals surface area contributed by atoms with Crippen LogP contribution >= 0.6 is 27.3 Å². The maximum atomic E-state index is 12.5. The Labute approximate surface area is 138 Å². The van der Waals surface area contributed by atoms with E-state index in [4.69, 9.17) is 0 Å². The fourth-order valence-electron chi connectivity index (χ4n) is 1.63. The van der Waals surface area contributed by atoms with Crippen LogP contribution in [0.4, 0.5) is 0 Å². The smallest absolute Gasteiger partial charge is 0.306 e. The lowest BCUT2D eigenvalue weighted by molar-refractivity contribution is -0.140. The standard InChI is InChI=1S/C12H19BrN2O4S2/c1-4-15(9-10-5-6-11(13)20-10)21(17,18)14(2)8-7-12(16)19-3/h5-6H,4,7-9H2,1-3H3. The summed E-state index contributed by atoms with van der Waals surface area (Å²) in [6.45, 7) is 2.56. The van der Waals surface area contributed by atoms with Gasteiger partial charge in [-0.1, -0.05) is 6.92 Å². The molecule has 0 N–H and O–H groups in total. The van der Waals surface area contributed by atoms with Gasteiger partial charge in [-0.2, -0.15) is 17.0 Å². The molecule has 0 unspecified atom stereocenters. The SMILES string of the molecule is CCN(Cc1ccc(Br)s1)S(=O)(=O)N(C)CCC(=O)OC. The Bertz CT molecular complexity index is 574. The lowest BCUT2D eigenvalue weighted by Gasteiger charge is -2.26. The van der Waals surface area contributed by atoms with E-state index in [0.717, 1.165) is 8.66 Å². The zero-order valence-corrected chi connectivity index (χ0v) is 15.4. The van der Waals surface area contributed by atoms with E-state index in [-0.39, 0.29) is 13.0 Å². The summed E-state index contributed by atoms with van der Waals surface area (Å²) >= 11 is 4.86. The van der Waals surface area contributed by atoms with E-state index in [1.54, 1.807) is 6.92 Å². The molecular formula is C12H19BrN2O4S2. The number of thiophene rings is 1. The van der Waals surface area contributed by atoms with E-state index >= 15 is 0 Å². The van der Waals surface area contributed by atoms with Crippen molar-refractivity contribution < 1.29 is 17.9 Å². The van der Waals surface area contributed by atoms with Crippen LogP contribution in [-0.2, 0) is 26.3 Å². The molecule has 0 radical (unpaired) electrons. The van der Waals surface area contributed by atoms with Crippen LogP contribution in [-0.4, -0.2) is 50.2 Å². The Kier molecular flexibility index (Phi) is 7.28. The second kappa shape index (κ2) is 8.23. The van der Waals surface area contributed by atoms with E-state index in [1.807, 2.05) is 12.1 Å². The largest absolute Gasteiger partial charge is 0.469 e. The van der Waals surface area contributed by atoms with Gasteiger partial charge in [-0.15, -0.1) is 11.3 Å². The Morgan fingerprint density at radius 1 is 1.43 bits per heavy atom. The highest BCUT2D eigenvalue weighted by molar-refractivity contribution is 9.11. The predicted molar refractivity (Wildman–Crippen MR) is 86.3 cm³/mol. The molecule has 120 valence electrons. The summed E-state index contributed by atoms with van der Waals surface area (Å²) in [6, 6.07) is 3.78. The van der Waals surface area contributed by atoms with Crippen LogP contribution < -0.4 is 0 Å². The van der Waals surface area contributed by atoms with Crippen molar-refractivity contribution in [2.24, 2.45) is 0 Å². The quantitative estimate of drug-likeness (QED) is 0.628. The van der Waals surface area contributed by atoms with E-state index in [9.17, 15) is 13.2 Å². The first kappa shape index (κ1) is 18.6. The normalized spacial score (nSPS) is 12.1. The topological polar surface area (TPSA) is 66.9 Å². The molecule has 0 atom stereocenters. The number of esters is 1. The van der Waals surface area contributed by atoms with E-state index in [2.05, 4.69) is 20.7 Å². The molecule has 6 nitrogen and oxygen atoms in total. The number of ether oxygens (including phenoxy) is 1. The summed E-state index contributed by atoms with van der Waals surface area (Å²) in [7, 11) is -0.849. The zero-order valence-electron chi connectivity index (χ0n) is 12.2. The lowest BCUT2D eigenvalue weighted by Crippen LogP contribution is -2.42. The van der Waals surface area contributed by atoms with Crippen LogP contribution in [0.15, 0.2) is 15.9 Å². The minimum absolute atomic E-state index is 0.0360. The number of carbonyl (C=O) groups is 1. The molecule has 0 aliphatic heterocycles. The van der Waals surface area contributed by atoms with Crippen molar-refractivity contribution in [3.63, 3.8) is 0 Å². The van der Waals surface area contributed by atoms with Crippen molar-refractivity contribution in [3.8, 4) is 0 Å². The zero-order chi connectivity index (χ0) is 16.0. The first-order chi connectivity index (χ1) is 9.81. The van der Waals surface area contributed by atoms with Gasteiger partial charge in [0.25, 0.3) is 10.2 Å². The average molecular weight is 399 g/mol. The van der Waals surface area contributed by atoms with Crippen molar-refractivity contribution in [1.29, 1.82) is 0 Å². The van der Waals surface area contributed by atoms with E-state index in [0.29, 0.717) is 13.1 Å². The van der Waals surface area contributed by atoms with Gasteiger partial charge in [-0.25, -0.2) is 0 Å². The summed E-state index contributed by atoms with van der Waals surface area (Å²) in [5.74, 6) is -0.428. The second-order valence-corrected chi connectivity index (χ2v) is 8.87. The van der Waals surface area contributed by atoms with Crippen LogP contribution in [0.3, 0.4) is 0 Å². The van der Waals surface area contributed by atoms with Gasteiger partial charge < -0.3 is 4.74 Å². The fourth-order valence-corrected chi connectivity index (χ4v) is 4.56. The highest BCUT2D eigenvalue weighted by Crippen LogP contribution is 2.24. The van der Waals surface area contributed by atoms with Gasteiger partial charge in [0.05, 0.1) is 17.3 Å². The van der Waals surface area contributed by atoms with Gasteiger partial charge in [0.15, 0.2) is 0 Å². The Morgan fingerprint density at radius 2 is 2.10 bits per heavy atom. The van der Waals surface area contributed by atoms with Gasteiger partial charge in [0.2, 0.25) is 0 Å². The Hall–Kier alpha value is -0.480. The molecule has 9 heteroatoms. The number of nitrogens with zero attached hydrogens (tertiary/aromatic N) is 2. The van der Waals surface area contributed by atoms with Crippen molar-refractivity contribution in [1.82, 2.24) is 8.61 Å². The highest BCUT2D eigenvalue weighted by Gasteiger charge is 2.26. The third-order valence-corrected chi connectivity index (χ3v) is 6.51.